The molecule has 21 heavy (non-hydrogen) atoms. The summed E-state index contributed by atoms with van der Waals surface area (Å²) >= 11 is 0. The topological polar surface area (TPSA) is 28.2 Å². The third kappa shape index (κ3) is 6.04. The Bertz CT molecular complexity index is 446. The minimum absolute atomic E-state index is 0.115. The molecule has 1 N–H and O–H groups in total. The highest BCUT2D eigenvalue weighted by molar-refractivity contribution is 5.53. The smallest absolute Gasteiger partial charge is 0.0445 e. The number of hydrogen-bond donors (Lipinski definition) is 1. The Balaban J connectivity index is 2.95. The number of nitrogens with one attached hydrogen (secondary N) is 1. The van der Waals surface area contributed by atoms with Crippen LogP contribution in [0, 0.1) is 12.8 Å². The average Bonchev–Trinajstić information content (AvgIpc) is 2.34. The molecule has 0 aliphatic carbocycles. The van der Waals surface area contributed by atoms with E-state index in [1.165, 1.54) is 17.7 Å². The highest BCUT2D eigenvalue weighted by Crippen LogP contribution is 2.24. The molecule has 0 aromatic carbocycles. The number of hydrogen-bond acceptors (Lipinski definition) is 3. The SMILES string of the molecule is Cc1cc(N(C)C(C)CC(C)C)c(CNC(C)(C)C)cn1. The predicted octanol–water partition coefficient (Wildman–Crippen LogP) is 4.15. The van der Waals surface area contributed by atoms with E-state index in [2.05, 4.69) is 76.8 Å². The zero-order chi connectivity index (χ0) is 16.2. The van der Waals surface area contributed by atoms with Gasteiger partial charge in [0.25, 0.3) is 0 Å². The summed E-state index contributed by atoms with van der Waals surface area (Å²) in [5, 5.41) is 3.57. The van der Waals surface area contributed by atoms with Crippen molar-refractivity contribution in [2.24, 2.45) is 5.92 Å². The van der Waals surface area contributed by atoms with Crippen molar-refractivity contribution < 1.29 is 0 Å². The Morgan fingerprint density at radius 1 is 1.24 bits per heavy atom. The Labute approximate surface area is 131 Å². The highest BCUT2D eigenvalue weighted by Gasteiger charge is 2.17. The van der Waals surface area contributed by atoms with E-state index in [9.17, 15) is 0 Å². The Hall–Kier alpha value is -1.09. The first-order chi connectivity index (χ1) is 9.60. The van der Waals surface area contributed by atoms with Crippen LogP contribution in [0.3, 0.4) is 0 Å². The molecule has 0 radical (unpaired) electrons. The molecule has 3 heteroatoms. The molecule has 1 aromatic heterocycles. The molecule has 1 atom stereocenters. The molecule has 0 aliphatic rings. The molecule has 0 fully saturated rings. The van der Waals surface area contributed by atoms with Crippen LogP contribution in [-0.4, -0.2) is 23.6 Å². The molecule has 3 nitrogen and oxygen atoms in total. The van der Waals surface area contributed by atoms with E-state index in [0.29, 0.717) is 12.0 Å². The van der Waals surface area contributed by atoms with Gasteiger partial charge in [0, 0.05) is 48.3 Å². The monoisotopic (exact) mass is 291 g/mol. The van der Waals surface area contributed by atoms with Crippen LogP contribution >= 0.6 is 0 Å². The van der Waals surface area contributed by atoms with Gasteiger partial charge in [-0.2, -0.15) is 0 Å². The third-order valence-electron chi connectivity index (χ3n) is 3.76. The second kappa shape index (κ2) is 7.26. The standard InChI is InChI=1S/C18H33N3/c1-13(2)9-15(4)21(8)17-10-14(3)19-11-16(17)12-20-18(5,6)7/h10-11,13,15,20H,9,12H2,1-8H3. The van der Waals surface area contributed by atoms with Crippen LogP contribution in [-0.2, 0) is 6.54 Å². The van der Waals surface area contributed by atoms with Crippen LogP contribution in [0.5, 0.6) is 0 Å². The number of aromatic nitrogens is 1. The summed E-state index contributed by atoms with van der Waals surface area (Å²) in [5.41, 5.74) is 3.76. The van der Waals surface area contributed by atoms with E-state index in [4.69, 9.17) is 0 Å². The molecule has 0 spiro atoms. The minimum Gasteiger partial charge on any atom is -0.372 e. The van der Waals surface area contributed by atoms with Crippen LogP contribution in [0.15, 0.2) is 12.3 Å². The van der Waals surface area contributed by atoms with Crippen molar-refractivity contribution in [3.63, 3.8) is 0 Å². The van der Waals surface area contributed by atoms with Crippen molar-refractivity contribution in [2.75, 3.05) is 11.9 Å². The molecule has 0 saturated heterocycles. The first-order valence-electron chi connectivity index (χ1n) is 8.03. The number of anilines is 1. The van der Waals surface area contributed by atoms with E-state index in [0.717, 1.165) is 12.2 Å². The predicted molar refractivity (Wildman–Crippen MR) is 92.9 cm³/mol. The van der Waals surface area contributed by atoms with Gasteiger partial charge < -0.3 is 10.2 Å². The lowest BCUT2D eigenvalue weighted by molar-refractivity contribution is 0.423. The molecular formula is C18H33N3. The molecule has 0 aliphatic heterocycles. The lowest BCUT2D eigenvalue weighted by Crippen LogP contribution is -2.36. The van der Waals surface area contributed by atoms with E-state index in [1.807, 2.05) is 6.20 Å². The van der Waals surface area contributed by atoms with Gasteiger partial charge in [-0.15, -0.1) is 0 Å². The largest absolute Gasteiger partial charge is 0.372 e. The third-order valence-corrected chi connectivity index (χ3v) is 3.76. The summed E-state index contributed by atoms with van der Waals surface area (Å²) in [6.07, 6.45) is 3.21. The van der Waals surface area contributed by atoms with E-state index < -0.39 is 0 Å². The highest BCUT2D eigenvalue weighted by atomic mass is 15.1. The maximum absolute atomic E-state index is 4.48. The van der Waals surface area contributed by atoms with E-state index in [1.54, 1.807) is 0 Å². The van der Waals surface area contributed by atoms with Gasteiger partial charge >= 0.3 is 0 Å². The lowest BCUT2D eigenvalue weighted by atomic mass is 10.0. The Morgan fingerprint density at radius 2 is 1.86 bits per heavy atom. The number of aryl methyl sites for hydroxylation is 1. The second-order valence-corrected chi connectivity index (χ2v) is 7.65. The molecular weight excluding hydrogens is 258 g/mol. The molecule has 1 heterocycles. The number of nitrogens with zero attached hydrogens (tertiary/aromatic N) is 2. The summed E-state index contributed by atoms with van der Waals surface area (Å²) in [6.45, 7) is 16.4. The Morgan fingerprint density at radius 3 is 2.38 bits per heavy atom. The fourth-order valence-electron chi connectivity index (χ4n) is 2.48. The maximum atomic E-state index is 4.48. The van der Waals surface area contributed by atoms with Crippen molar-refractivity contribution in [1.82, 2.24) is 10.3 Å². The lowest BCUT2D eigenvalue weighted by Gasteiger charge is -2.31. The maximum Gasteiger partial charge on any atom is 0.0445 e. The quantitative estimate of drug-likeness (QED) is 0.853. The van der Waals surface area contributed by atoms with Gasteiger partial charge in [0.15, 0.2) is 0 Å². The fourth-order valence-corrected chi connectivity index (χ4v) is 2.48. The summed E-state index contributed by atoms with van der Waals surface area (Å²) in [4.78, 5) is 6.87. The van der Waals surface area contributed by atoms with Gasteiger partial charge in [-0.1, -0.05) is 13.8 Å². The molecule has 1 unspecified atom stereocenters. The number of rotatable bonds is 6. The van der Waals surface area contributed by atoms with Gasteiger partial charge in [0.1, 0.15) is 0 Å². The summed E-state index contributed by atoms with van der Waals surface area (Å²) in [5.74, 6) is 0.710. The molecule has 0 amide bonds. The first kappa shape index (κ1) is 18.0. The summed E-state index contributed by atoms with van der Waals surface area (Å²) < 4.78 is 0. The van der Waals surface area contributed by atoms with Crippen molar-refractivity contribution in [3.05, 3.63) is 23.5 Å². The normalized spacial score (nSPS) is 13.6. The fraction of sp³-hybridized carbons (Fsp3) is 0.722. The molecule has 120 valence electrons. The van der Waals surface area contributed by atoms with Crippen molar-refractivity contribution >= 4 is 5.69 Å². The van der Waals surface area contributed by atoms with Gasteiger partial charge in [0.05, 0.1) is 0 Å². The zero-order valence-electron chi connectivity index (χ0n) is 15.1. The minimum atomic E-state index is 0.115. The molecule has 1 rings (SSSR count). The second-order valence-electron chi connectivity index (χ2n) is 7.65. The zero-order valence-corrected chi connectivity index (χ0v) is 15.1. The molecule has 0 bridgehead atoms. The van der Waals surface area contributed by atoms with E-state index >= 15 is 0 Å². The van der Waals surface area contributed by atoms with Crippen molar-refractivity contribution in [1.29, 1.82) is 0 Å². The van der Waals surface area contributed by atoms with Crippen LogP contribution in [0.2, 0.25) is 0 Å². The average molecular weight is 291 g/mol. The first-order valence-corrected chi connectivity index (χ1v) is 8.03. The Kier molecular flexibility index (Phi) is 6.21. The number of pyridine rings is 1. The molecule has 1 aromatic rings. The van der Waals surface area contributed by atoms with Gasteiger partial charge in [-0.25, -0.2) is 0 Å². The van der Waals surface area contributed by atoms with Gasteiger partial charge in [-0.05, 0) is 53.0 Å². The van der Waals surface area contributed by atoms with Crippen LogP contribution in [0.4, 0.5) is 5.69 Å². The van der Waals surface area contributed by atoms with E-state index in [-0.39, 0.29) is 5.54 Å². The van der Waals surface area contributed by atoms with Crippen molar-refractivity contribution in [3.8, 4) is 0 Å². The summed E-state index contributed by atoms with van der Waals surface area (Å²) in [7, 11) is 2.20. The van der Waals surface area contributed by atoms with Crippen LogP contribution in [0.1, 0.15) is 59.2 Å². The van der Waals surface area contributed by atoms with Crippen LogP contribution < -0.4 is 10.2 Å². The van der Waals surface area contributed by atoms with Crippen LogP contribution in [0.25, 0.3) is 0 Å². The van der Waals surface area contributed by atoms with Gasteiger partial charge in [0.2, 0.25) is 0 Å². The van der Waals surface area contributed by atoms with Gasteiger partial charge in [-0.3, -0.25) is 4.98 Å². The summed E-state index contributed by atoms with van der Waals surface area (Å²) in [6, 6.07) is 2.73. The molecule has 0 saturated carbocycles. The van der Waals surface area contributed by atoms with Crippen molar-refractivity contribution in [2.45, 2.75) is 73.0 Å².